The maximum atomic E-state index is 12.0. The van der Waals surface area contributed by atoms with E-state index in [4.69, 9.17) is 9.84 Å². The number of esters is 1. The molecule has 0 atom stereocenters. The third-order valence-electron chi connectivity index (χ3n) is 2.36. The van der Waals surface area contributed by atoms with Crippen molar-refractivity contribution in [1.82, 2.24) is 0 Å². The summed E-state index contributed by atoms with van der Waals surface area (Å²) in [6.07, 6.45) is 0. The lowest BCUT2D eigenvalue weighted by Crippen LogP contribution is -2.29. The number of carboxylic acid groups (broad SMARTS) is 1. The number of carbonyl (C=O) groups is 2. The molecule has 0 unspecified atom stereocenters. The first-order valence-electron chi connectivity index (χ1n) is 6.14. The number of rotatable bonds is 5. The SMILES string of the molecule is Cc1sc(C(=O)O)cc1CS(=O)(=O)CC(=O)OC(C)(C)C. The second kappa shape index (κ2) is 6.15. The Hall–Kier alpha value is -1.41. The van der Waals surface area contributed by atoms with Gasteiger partial charge < -0.3 is 9.84 Å². The lowest BCUT2D eigenvalue weighted by atomic mass is 10.2. The monoisotopic (exact) mass is 334 g/mol. The normalized spacial score (nSPS) is 12.2. The summed E-state index contributed by atoms with van der Waals surface area (Å²) < 4.78 is 28.9. The average molecular weight is 334 g/mol. The van der Waals surface area contributed by atoms with E-state index in [-0.39, 0.29) is 10.6 Å². The number of sulfone groups is 1. The van der Waals surface area contributed by atoms with E-state index in [2.05, 4.69) is 0 Å². The van der Waals surface area contributed by atoms with Crippen molar-refractivity contribution in [3.63, 3.8) is 0 Å². The van der Waals surface area contributed by atoms with Crippen molar-refractivity contribution in [1.29, 1.82) is 0 Å². The van der Waals surface area contributed by atoms with E-state index in [1.165, 1.54) is 6.07 Å². The number of thiophene rings is 1. The lowest BCUT2D eigenvalue weighted by molar-refractivity contribution is -0.151. The van der Waals surface area contributed by atoms with Crippen molar-refractivity contribution in [2.24, 2.45) is 0 Å². The average Bonchev–Trinajstić information content (AvgIpc) is 2.55. The van der Waals surface area contributed by atoms with Crippen molar-refractivity contribution >= 4 is 33.1 Å². The van der Waals surface area contributed by atoms with Crippen LogP contribution in [0.5, 0.6) is 0 Å². The molecule has 1 aromatic rings. The maximum absolute atomic E-state index is 12.0. The summed E-state index contributed by atoms with van der Waals surface area (Å²) in [6.45, 7) is 6.61. The molecule has 1 aromatic heterocycles. The minimum Gasteiger partial charge on any atom is -0.477 e. The fourth-order valence-electron chi connectivity index (χ4n) is 1.61. The predicted octanol–water partition coefficient (Wildman–Crippen LogP) is 2.01. The molecule has 1 N–H and O–H groups in total. The van der Waals surface area contributed by atoms with Crippen LogP contribution in [0.25, 0.3) is 0 Å². The predicted molar refractivity (Wildman–Crippen MR) is 79.4 cm³/mol. The standard InChI is InChI=1S/C13H18O6S2/c1-8-9(5-10(20-8)12(15)16)6-21(17,18)7-11(14)19-13(2,3)4/h5H,6-7H2,1-4H3,(H,15,16). The summed E-state index contributed by atoms with van der Waals surface area (Å²) in [5, 5.41) is 8.88. The first-order valence-corrected chi connectivity index (χ1v) is 8.78. The number of hydrogen-bond donors (Lipinski definition) is 1. The summed E-state index contributed by atoms with van der Waals surface area (Å²) in [7, 11) is -3.70. The molecule has 0 bridgehead atoms. The number of aryl methyl sites for hydroxylation is 1. The molecule has 0 spiro atoms. The topological polar surface area (TPSA) is 97.7 Å². The lowest BCUT2D eigenvalue weighted by Gasteiger charge is -2.19. The van der Waals surface area contributed by atoms with Crippen molar-refractivity contribution in [2.75, 3.05) is 5.75 Å². The molecule has 0 aromatic carbocycles. The Balaban J connectivity index is 2.82. The molecule has 0 aliphatic rings. The summed E-state index contributed by atoms with van der Waals surface area (Å²) in [4.78, 5) is 23.1. The number of carboxylic acids is 1. The zero-order valence-corrected chi connectivity index (χ0v) is 13.9. The van der Waals surface area contributed by atoms with E-state index in [1.807, 2.05) is 0 Å². The molecule has 0 aliphatic carbocycles. The summed E-state index contributed by atoms with van der Waals surface area (Å²) in [5.41, 5.74) is -0.345. The maximum Gasteiger partial charge on any atom is 0.345 e. The Morgan fingerprint density at radius 3 is 2.33 bits per heavy atom. The van der Waals surface area contributed by atoms with Gasteiger partial charge in [0, 0.05) is 4.88 Å². The Bertz CT molecular complexity index is 649. The van der Waals surface area contributed by atoms with E-state index >= 15 is 0 Å². The zero-order chi connectivity index (χ0) is 16.4. The Kier molecular flexibility index (Phi) is 5.16. The molecule has 1 rings (SSSR count). The number of ether oxygens (including phenoxy) is 1. The zero-order valence-electron chi connectivity index (χ0n) is 12.3. The smallest absolute Gasteiger partial charge is 0.345 e. The largest absolute Gasteiger partial charge is 0.477 e. The van der Waals surface area contributed by atoms with Gasteiger partial charge in [0.25, 0.3) is 0 Å². The van der Waals surface area contributed by atoms with Gasteiger partial charge in [0.1, 0.15) is 16.2 Å². The van der Waals surface area contributed by atoms with Gasteiger partial charge in [0.2, 0.25) is 0 Å². The molecule has 118 valence electrons. The van der Waals surface area contributed by atoms with Crippen LogP contribution in [0.1, 0.15) is 40.9 Å². The van der Waals surface area contributed by atoms with Gasteiger partial charge in [-0.3, -0.25) is 4.79 Å². The van der Waals surface area contributed by atoms with Crippen LogP contribution < -0.4 is 0 Å². The van der Waals surface area contributed by atoms with Crippen molar-refractivity contribution < 1.29 is 27.9 Å². The van der Waals surface area contributed by atoms with Crippen molar-refractivity contribution in [3.8, 4) is 0 Å². The van der Waals surface area contributed by atoms with Crippen LogP contribution in [0.4, 0.5) is 0 Å². The third-order valence-corrected chi connectivity index (χ3v) is 4.87. The highest BCUT2D eigenvalue weighted by Crippen LogP contribution is 2.23. The van der Waals surface area contributed by atoms with E-state index in [0.29, 0.717) is 10.4 Å². The molecule has 0 saturated heterocycles. The molecule has 1 heterocycles. The molecular formula is C13H18O6S2. The van der Waals surface area contributed by atoms with Crippen molar-refractivity contribution in [3.05, 3.63) is 21.4 Å². The van der Waals surface area contributed by atoms with Gasteiger partial charge in [-0.15, -0.1) is 11.3 Å². The van der Waals surface area contributed by atoms with Gasteiger partial charge >= 0.3 is 11.9 Å². The highest BCUT2D eigenvalue weighted by Gasteiger charge is 2.24. The molecule has 21 heavy (non-hydrogen) atoms. The van der Waals surface area contributed by atoms with E-state index in [9.17, 15) is 18.0 Å². The van der Waals surface area contributed by atoms with Crippen LogP contribution >= 0.6 is 11.3 Å². The molecule has 0 fully saturated rings. The third kappa shape index (κ3) is 5.84. The molecular weight excluding hydrogens is 316 g/mol. The van der Waals surface area contributed by atoms with Gasteiger partial charge in [0.15, 0.2) is 9.84 Å². The van der Waals surface area contributed by atoms with Crippen LogP contribution in [0.2, 0.25) is 0 Å². The van der Waals surface area contributed by atoms with Gasteiger partial charge in [-0.1, -0.05) is 0 Å². The van der Waals surface area contributed by atoms with Gasteiger partial charge in [-0.05, 0) is 39.3 Å². The first kappa shape index (κ1) is 17.6. The quantitative estimate of drug-likeness (QED) is 0.827. The van der Waals surface area contributed by atoms with E-state index in [1.54, 1.807) is 27.7 Å². The highest BCUT2D eigenvalue weighted by atomic mass is 32.2. The van der Waals surface area contributed by atoms with Crippen LogP contribution in [-0.2, 0) is 25.1 Å². The number of hydrogen-bond acceptors (Lipinski definition) is 6. The molecule has 6 nitrogen and oxygen atoms in total. The summed E-state index contributed by atoms with van der Waals surface area (Å²) in [5.74, 6) is -3.00. The van der Waals surface area contributed by atoms with Crippen LogP contribution in [-0.4, -0.2) is 36.8 Å². The summed E-state index contributed by atoms with van der Waals surface area (Å²) >= 11 is 1.01. The second-order valence-electron chi connectivity index (χ2n) is 5.62. The van der Waals surface area contributed by atoms with Crippen LogP contribution in [0.15, 0.2) is 6.07 Å². The number of carbonyl (C=O) groups excluding carboxylic acids is 1. The van der Waals surface area contributed by atoms with Crippen molar-refractivity contribution in [2.45, 2.75) is 39.0 Å². The first-order chi connectivity index (χ1) is 9.39. The van der Waals surface area contributed by atoms with Gasteiger partial charge in [0.05, 0.1) is 5.75 Å². The Morgan fingerprint density at radius 2 is 1.90 bits per heavy atom. The molecule has 0 amide bonds. The summed E-state index contributed by atoms with van der Waals surface area (Å²) in [6, 6.07) is 1.33. The molecule has 8 heteroatoms. The Labute approximate surface area is 127 Å². The fraction of sp³-hybridized carbons (Fsp3) is 0.538. The minimum atomic E-state index is -3.70. The highest BCUT2D eigenvalue weighted by molar-refractivity contribution is 7.91. The van der Waals surface area contributed by atoms with E-state index in [0.717, 1.165) is 11.3 Å². The van der Waals surface area contributed by atoms with Gasteiger partial charge in [-0.2, -0.15) is 0 Å². The fourth-order valence-corrected chi connectivity index (χ4v) is 3.87. The van der Waals surface area contributed by atoms with E-state index < -0.39 is 33.1 Å². The van der Waals surface area contributed by atoms with Gasteiger partial charge in [-0.25, -0.2) is 13.2 Å². The van der Waals surface area contributed by atoms with Crippen LogP contribution in [0.3, 0.4) is 0 Å². The number of aromatic carboxylic acids is 1. The molecule has 0 saturated carbocycles. The second-order valence-corrected chi connectivity index (χ2v) is 8.94. The van der Waals surface area contributed by atoms with Crippen LogP contribution in [0, 0.1) is 6.92 Å². The Morgan fingerprint density at radius 1 is 1.33 bits per heavy atom. The molecule has 0 radical (unpaired) electrons. The molecule has 0 aliphatic heterocycles. The minimum absolute atomic E-state index is 0.0787.